The van der Waals surface area contributed by atoms with Gasteiger partial charge < -0.3 is 16.0 Å². The van der Waals surface area contributed by atoms with Gasteiger partial charge in [0.25, 0.3) is 5.91 Å². The van der Waals surface area contributed by atoms with Crippen molar-refractivity contribution in [2.45, 2.75) is 31.8 Å². The summed E-state index contributed by atoms with van der Waals surface area (Å²) in [5.41, 5.74) is 0.373. The van der Waals surface area contributed by atoms with Gasteiger partial charge in [0, 0.05) is 17.6 Å². The van der Waals surface area contributed by atoms with Gasteiger partial charge in [-0.05, 0) is 44.5 Å². The van der Waals surface area contributed by atoms with Crippen molar-refractivity contribution >= 4 is 35.0 Å². The van der Waals surface area contributed by atoms with Crippen molar-refractivity contribution in [3.05, 3.63) is 33.8 Å². The van der Waals surface area contributed by atoms with Gasteiger partial charge in [-0.3, -0.25) is 9.59 Å². The first-order chi connectivity index (χ1) is 10.5. The van der Waals surface area contributed by atoms with Crippen molar-refractivity contribution in [2.75, 3.05) is 13.1 Å². The number of carbonyl (C=O) groups excluding carboxylic acids is 2. The Hall–Kier alpha value is -1.30. The van der Waals surface area contributed by atoms with Crippen LogP contribution in [-0.4, -0.2) is 37.0 Å². The SMILES string of the molecule is CC1CC(NC(=O)CNC(=O)c2ccc(Cl)c(Cl)c2)CCN1. The van der Waals surface area contributed by atoms with Crippen LogP contribution >= 0.6 is 23.2 Å². The van der Waals surface area contributed by atoms with E-state index in [1.807, 2.05) is 0 Å². The molecule has 1 heterocycles. The molecule has 1 fully saturated rings. The van der Waals surface area contributed by atoms with Crippen LogP contribution in [0.15, 0.2) is 18.2 Å². The third-order valence-electron chi connectivity index (χ3n) is 3.58. The van der Waals surface area contributed by atoms with Crippen LogP contribution in [0.25, 0.3) is 0 Å². The molecule has 0 aliphatic carbocycles. The first-order valence-corrected chi connectivity index (χ1v) is 7.97. The minimum absolute atomic E-state index is 0.0581. The van der Waals surface area contributed by atoms with Crippen molar-refractivity contribution in [2.24, 2.45) is 0 Å². The molecule has 22 heavy (non-hydrogen) atoms. The van der Waals surface area contributed by atoms with Crippen LogP contribution < -0.4 is 16.0 Å². The number of hydrogen-bond donors (Lipinski definition) is 3. The molecular formula is C15H19Cl2N3O2. The van der Waals surface area contributed by atoms with E-state index in [4.69, 9.17) is 23.2 Å². The van der Waals surface area contributed by atoms with E-state index in [0.717, 1.165) is 19.4 Å². The highest BCUT2D eigenvalue weighted by atomic mass is 35.5. The van der Waals surface area contributed by atoms with Crippen LogP contribution in [0.3, 0.4) is 0 Å². The van der Waals surface area contributed by atoms with E-state index in [1.165, 1.54) is 6.07 Å². The fraction of sp³-hybridized carbons (Fsp3) is 0.467. The first kappa shape index (κ1) is 17.1. The van der Waals surface area contributed by atoms with Gasteiger partial charge in [0.1, 0.15) is 0 Å². The minimum Gasteiger partial charge on any atom is -0.352 e. The largest absolute Gasteiger partial charge is 0.352 e. The fourth-order valence-corrected chi connectivity index (χ4v) is 2.74. The van der Waals surface area contributed by atoms with E-state index in [-0.39, 0.29) is 24.4 Å². The van der Waals surface area contributed by atoms with Gasteiger partial charge in [-0.15, -0.1) is 0 Å². The molecule has 0 aromatic heterocycles. The number of carbonyl (C=O) groups is 2. The second-order valence-corrected chi connectivity index (χ2v) is 6.27. The molecule has 0 bridgehead atoms. The number of piperidine rings is 1. The Labute approximate surface area is 139 Å². The summed E-state index contributed by atoms with van der Waals surface area (Å²) in [5.74, 6) is -0.542. The second-order valence-electron chi connectivity index (χ2n) is 5.46. The van der Waals surface area contributed by atoms with Gasteiger partial charge in [-0.25, -0.2) is 0 Å². The van der Waals surface area contributed by atoms with Crippen LogP contribution in [0.1, 0.15) is 30.1 Å². The number of rotatable bonds is 4. The standard InChI is InChI=1S/C15H19Cl2N3O2/c1-9-6-11(4-5-18-9)20-14(21)8-19-15(22)10-2-3-12(16)13(17)7-10/h2-3,7,9,11,18H,4-6,8H2,1H3,(H,19,22)(H,20,21). The Kier molecular flexibility index (Phi) is 6.06. The van der Waals surface area contributed by atoms with Crippen molar-refractivity contribution in [1.29, 1.82) is 0 Å². The lowest BCUT2D eigenvalue weighted by Crippen LogP contribution is -2.48. The highest BCUT2D eigenvalue weighted by Crippen LogP contribution is 2.22. The van der Waals surface area contributed by atoms with Crippen molar-refractivity contribution in [1.82, 2.24) is 16.0 Å². The second kappa shape index (κ2) is 7.81. The summed E-state index contributed by atoms with van der Waals surface area (Å²) in [6.45, 7) is 2.92. The summed E-state index contributed by atoms with van der Waals surface area (Å²) in [5, 5.41) is 9.53. The maximum Gasteiger partial charge on any atom is 0.251 e. The normalized spacial score (nSPS) is 21.2. The average Bonchev–Trinajstić information content (AvgIpc) is 2.47. The molecule has 1 aromatic carbocycles. The molecule has 1 saturated heterocycles. The third kappa shape index (κ3) is 4.87. The van der Waals surface area contributed by atoms with Gasteiger partial charge >= 0.3 is 0 Å². The predicted molar refractivity (Wildman–Crippen MR) is 87.4 cm³/mol. The van der Waals surface area contributed by atoms with Crippen LogP contribution in [0.4, 0.5) is 0 Å². The first-order valence-electron chi connectivity index (χ1n) is 7.21. The summed E-state index contributed by atoms with van der Waals surface area (Å²) in [7, 11) is 0. The van der Waals surface area contributed by atoms with Crippen LogP contribution in [-0.2, 0) is 4.79 Å². The lowest BCUT2D eigenvalue weighted by atomic mass is 10.0. The number of halogens is 2. The molecule has 1 aliphatic rings. The van der Waals surface area contributed by atoms with Crippen molar-refractivity contribution < 1.29 is 9.59 Å². The molecule has 1 aliphatic heterocycles. The van der Waals surface area contributed by atoms with E-state index >= 15 is 0 Å². The van der Waals surface area contributed by atoms with Gasteiger partial charge in [0.05, 0.1) is 16.6 Å². The molecule has 5 nitrogen and oxygen atoms in total. The molecule has 2 rings (SSSR count). The van der Waals surface area contributed by atoms with E-state index < -0.39 is 0 Å². The van der Waals surface area contributed by atoms with Gasteiger partial charge in [-0.2, -0.15) is 0 Å². The molecule has 7 heteroatoms. The Bertz CT molecular complexity index is 566. The molecular weight excluding hydrogens is 325 g/mol. The smallest absolute Gasteiger partial charge is 0.251 e. The lowest BCUT2D eigenvalue weighted by molar-refractivity contribution is -0.121. The Morgan fingerprint density at radius 2 is 2.09 bits per heavy atom. The molecule has 3 N–H and O–H groups in total. The van der Waals surface area contributed by atoms with Gasteiger partial charge in [0.2, 0.25) is 5.91 Å². The topological polar surface area (TPSA) is 70.2 Å². The molecule has 2 unspecified atom stereocenters. The number of amides is 2. The Morgan fingerprint density at radius 1 is 1.32 bits per heavy atom. The summed E-state index contributed by atoms with van der Waals surface area (Å²) in [6, 6.07) is 5.15. The molecule has 120 valence electrons. The molecule has 2 amide bonds. The molecule has 0 saturated carbocycles. The zero-order valence-corrected chi connectivity index (χ0v) is 13.8. The number of hydrogen-bond acceptors (Lipinski definition) is 3. The zero-order chi connectivity index (χ0) is 16.1. The highest BCUT2D eigenvalue weighted by Gasteiger charge is 2.20. The van der Waals surface area contributed by atoms with E-state index in [2.05, 4.69) is 22.9 Å². The highest BCUT2D eigenvalue weighted by molar-refractivity contribution is 6.42. The average molecular weight is 344 g/mol. The van der Waals surface area contributed by atoms with Gasteiger partial charge in [0.15, 0.2) is 0 Å². The zero-order valence-electron chi connectivity index (χ0n) is 12.3. The predicted octanol–water partition coefficient (Wildman–Crippen LogP) is 1.98. The molecule has 0 spiro atoms. The van der Waals surface area contributed by atoms with E-state index in [0.29, 0.717) is 21.7 Å². The molecule has 0 radical (unpaired) electrons. The summed E-state index contributed by atoms with van der Waals surface area (Å²) in [6.07, 6.45) is 1.79. The van der Waals surface area contributed by atoms with E-state index in [9.17, 15) is 9.59 Å². The number of benzene rings is 1. The minimum atomic E-state index is -0.354. The fourth-order valence-electron chi connectivity index (χ4n) is 2.44. The van der Waals surface area contributed by atoms with Gasteiger partial charge in [-0.1, -0.05) is 23.2 Å². The Balaban J connectivity index is 1.80. The molecule has 2 atom stereocenters. The lowest BCUT2D eigenvalue weighted by Gasteiger charge is -2.28. The summed E-state index contributed by atoms with van der Waals surface area (Å²) >= 11 is 11.7. The van der Waals surface area contributed by atoms with Crippen LogP contribution in [0.5, 0.6) is 0 Å². The molecule has 1 aromatic rings. The maximum atomic E-state index is 12.0. The maximum absolute atomic E-state index is 12.0. The van der Waals surface area contributed by atoms with Crippen LogP contribution in [0, 0.1) is 0 Å². The number of nitrogens with one attached hydrogen (secondary N) is 3. The van der Waals surface area contributed by atoms with Crippen molar-refractivity contribution in [3.63, 3.8) is 0 Å². The summed E-state index contributed by atoms with van der Waals surface area (Å²) < 4.78 is 0. The Morgan fingerprint density at radius 3 is 2.77 bits per heavy atom. The van der Waals surface area contributed by atoms with E-state index in [1.54, 1.807) is 12.1 Å². The quantitative estimate of drug-likeness (QED) is 0.782. The van der Waals surface area contributed by atoms with Crippen molar-refractivity contribution in [3.8, 4) is 0 Å². The third-order valence-corrected chi connectivity index (χ3v) is 4.32. The summed E-state index contributed by atoms with van der Waals surface area (Å²) in [4.78, 5) is 23.8. The monoisotopic (exact) mass is 343 g/mol. The van der Waals surface area contributed by atoms with Crippen LogP contribution in [0.2, 0.25) is 10.0 Å².